The first-order valence-electron chi connectivity index (χ1n) is 8.04. The number of thioether (sulfide) groups is 1. The zero-order chi connectivity index (χ0) is 16.6. The zero-order valence-electron chi connectivity index (χ0n) is 14.2. The lowest BCUT2D eigenvalue weighted by atomic mass is 9.98. The van der Waals surface area contributed by atoms with Crippen LogP contribution < -0.4 is 0 Å². The van der Waals surface area contributed by atoms with Gasteiger partial charge in [0, 0.05) is 30.0 Å². The van der Waals surface area contributed by atoms with Gasteiger partial charge in [-0.05, 0) is 38.9 Å². The van der Waals surface area contributed by atoms with Gasteiger partial charge in [0.2, 0.25) is 11.1 Å². The molecule has 2 aromatic heterocycles. The summed E-state index contributed by atoms with van der Waals surface area (Å²) < 4.78 is 1.75. The molecule has 0 N–H and O–H groups in total. The third kappa shape index (κ3) is 3.20. The Morgan fingerprint density at radius 1 is 1.26 bits per heavy atom. The molecule has 7 heteroatoms. The number of rotatable bonds is 3. The number of aromatic nitrogens is 4. The number of aryl methyl sites for hydroxylation is 2. The molecular formula is C16H23N5OS. The van der Waals surface area contributed by atoms with E-state index >= 15 is 0 Å². The Kier molecular flexibility index (Phi) is 4.57. The number of carbonyl (C=O) groups excluding carboxylic acids is 1. The number of nitrogens with zero attached hydrogens (tertiary/aromatic N) is 5. The van der Waals surface area contributed by atoms with E-state index in [1.165, 1.54) is 11.8 Å². The second kappa shape index (κ2) is 6.47. The van der Waals surface area contributed by atoms with E-state index in [-0.39, 0.29) is 5.91 Å². The number of piperidine rings is 1. The molecule has 2 aromatic rings. The van der Waals surface area contributed by atoms with Crippen molar-refractivity contribution in [3.63, 3.8) is 0 Å². The predicted octanol–water partition coefficient (Wildman–Crippen LogP) is 2.26. The number of likely N-dealkylation sites (tertiary alicyclic amines) is 1. The number of fused-ring (bicyclic) bond motifs is 1. The van der Waals surface area contributed by atoms with Crippen LogP contribution in [0.3, 0.4) is 0 Å². The Morgan fingerprint density at radius 3 is 2.61 bits per heavy atom. The monoisotopic (exact) mass is 333 g/mol. The van der Waals surface area contributed by atoms with Crippen LogP contribution in [0.25, 0.3) is 5.78 Å². The third-order valence-corrected chi connectivity index (χ3v) is 5.21. The van der Waals surface area contributed by atoms with Gasteiger partial charge in [0.25, 0.3) is 5.78 Å². The van der Waals surface area contributed by atoms with Crippen LogP contribution in [0.15, 0.2) is 5.16 Å². The van der Waals surface area contributed by atoms with Crippen molar-refractivity contribution in [1.82, 2.24) is 24.5 Å². The molecule has 0 spiro atoms. The van der Waals surface area contributed by atoms with E-state index in [9.17, 15) is 4.79 Å². The summed E-state index contributed by atoms with van der Waals surface area (Å²) in [5.41, 5.74) is 2.80. The minimum atomic E-state index is 0.189. The van der Waals surface area contributed by atoms with Crippen molar-refractivity contribution in [3.8, 4) is 0 Å². The van der Waals surface area contributed by atoms with Crippen molar-refractivity contribution >= 4 is 23.4 Å². The highest BCUT2D eigenvalue weighted by atomic mass is 32.2. The van der Waals surface area contributed by atoms with Crippen LogP contribution >= 0.6 is 11.8 Å². The molecule has 0 unspecified atom stereocenters. The molecular weight excluding hydrogens is 310 g/mol. The van der Waals surface area contributed by atoms with Gasteiger partial charge >= 0.3 is 0 Å². The SMILES string of the molecule is CSc1nc2nc(C)c(CC(=O)N3CCC(C)CC3)c(C)n2n1. The summed E-state index contributed by atoms with van der Waals surface area (Å²) >= 11 is 1.49. The average molecular weight is 333 g/mol. The van der Waals surface area contributed by atoms with Gasteiger partial charge in [-0.15, -0.1) is 5.10 Å². The Bertz CT molecular complexity index is 734. The molecule has 0 aliphatic carbocycles. The minimum absolute atomic E-state index is 0.189. The molecule has 0 aromatic carbocycles. The Labute approximate surface area is 140 Å². The van der Waals surface area contributed by atoms with E-state index in [4.69, 9.17) is 0 Å². The van der Waals surface area contributed by atoms with Gasteiger partial charge in [-0.3, -0.25) is 4.79 Å². The van der Waals surface area contributed by atoms with Gasteiger partial charge in [-0.2, -0.15) is 4.98 Å². The maximum Gasteiger partial charge on any atom is 0.253 e. The standard InChI is InChI=1S/C16H23N5OS/c1-10-5-7-20(8-6-10)14(22)9-13-11(2)17-15-18-16(23-4)19-21(15)12(13)3/h10H,5-9H2,1-4H3. The first-order valence-corrected chi connectivity index (χ1v) is 9.26. The van der Waals surface area contributed by atoms with Gasteiger partial charge < -0.3 is 4.90 Å². The van der Waals surface area contributed by atoms with Crippen molar-refractivity contribution < 1.29 is 4.79 Å². The Morgan fingerprint density at radius 2 is 1.96 bits per heavy atom. The fourth-order valence-corrected chi connectivity index (χ4v) is 3.39. The van der Waals surface area contributed by atoms with Crippen molar-refractivity contribution in [2.24, 2.45) is 5.92 Å². The summed E-state index contributed by atoms with van der Waals surface area (Å²) in [6.07, 6.45) is 4.53. The van der Waals surface area contributed by atoms with Crippen LogP contribution in [-0.4, -0.2) is 49.7 Å². The van der Waals surface area contributed by atoms with Gasteiger partial charge in [-0.1, -0.05) is 18.7 Å². The molecule has 3 rings (SSSR count). The molecule has 0 bridgehead atoms. The number of amides is 1. The van der Waals surface area contributed by atoms with Crippen LogP contribution in [0.4, 0.5) is 0 Å². The number of hydrogen-bond donors (Lipinski definition) is 0. The zero-order valence-corrected chi connectivity index (χ0v) is 15.0. The second-order valence-electron chi connectivity index (χ2n) is 6.31. The van der Waals surface area contributed by atoms with Gasteiger partial charge in [0.05, 0.1) is 6.42 Å². The molecule has 0 saturated carbocycles. The summed E-state index contributed by atoms with van der Waals surface area (Å²) in [6, 6.07) is 0. The average Bonchev–Trinajstić information content (AvgIpc) is 2.95. The van der Waals surface area contributed by atoms with Crippen LogP contribution in [0, 0.1) is 19.8 Å². The smallest absolute Gasteiger partial charge is 0.253 e. The first-order chi connectivity index (χ1) is 11.0. The number of hydrogen-bond acceptors (Lipinski definition) is 5. The van der Waals surface area contributed by atoms with E-state index in [1.807, 2.05) is 25.0 Å². The van der Waals surface area contributed by atoms with Crippen LogP contribution in [0.1, 0.15) is 36.7 Å². The largest absolute Gasteiger partial charge is 0.342 e. The molecule has 1 aliphatic heterocycles. The van der Waals surface area contributed by atoms with Gasteiger partial charge in [-0.25, -0.2) is 9.50 Å². The Hall–Kier alpha value is -1.63. The molecule has 1 aliphatic rings. The van der Waals surface area contributed by atoms with E-state index in [1.54, 1.807) is 4.52 Å². The van der Waals surface area contributed by atoms with Crippen LogP contribution in [0.5, 0.6) is 0 Å². The van der Waals surface area contributed by atoms with Crippen LogP contribution in [-0.2, 0) is 11.2 Å². The summed E-state index contributed by atoms with van der Waals surface area (Å²) in [5.74, 6) is 1.52. The highest BCUT2D eigenvalue weighted by Gasteiger charge is 2.22. The third-order valence-electron chi connectivity index (χ3n) is 4.68. The minimum Gasteiger partial charge on any atom is -0.342 e. The van der Waals surface area contributed by atoms with E-state index in [2.05, 4.69) is 22.0 Å². The highest BCUT2D eigenvalue weighted by Crippen LogP contribution is 2.20. The summed E-state index contributed by atoms with van der Waals surface area (Å²) in [5, 5.41) is 5.15. The molecule has 6 nitrogen and oxygen atoms in total. The molecule has 0 radical (unpaired) electrons. The lowest BCUT2D eigenvalue weighted by molar-refractivity contribution is -0.131. The molecule has 1 amide bonds. The molecule has 3 heterocycles. The quantitative estimate of drug-likeness (QED) is 0.806. The Balaban J connectivity index is 1.86. The summed E-state index contributed by atoms with van der Waals surface area (Å²) in [6.45, 7) is 7.92. The predicted molar refractivity (Wildman–Crippen MR) is 90.7 cm³/mol. The fraction of sp³-hybridized carbons (Fsp3) is 0.625. The van der Waals surface area contributed by atoms with Crippen molar-refractivity contribution in [2.75, 3.05) is 19.3 Å². The van der Waals surface area contributed by atoms with Crippen LogP contribution in [0.2, 0.25) is 0 Å². The van der Waals surface area contributed by atoms with E-state index < -0.39 is 0 Å². The normalized spacial score (nSPS) is 16.3. The van der Waals surface area contributed by atoms with Gasteiger partial charge in [0.15, 0.2) is 0 Å². The molecule has 124 valence electrons. The van der Waals surface area contributed by atoms with E-state index in [0.717, 1.165) is 48.8 Å². The van der Waals surface area contributed by atoms with E-state index in [0.29, 0.717) is 17.4 Å². The van der Waals surface area contributed by atoms with Crippen molar-refractivity contribution in [3.05, 3.63) is 17.0 Å². The topological polar surface area (TPSA) is 63.4 Å². The van der Waals surface area contributed by atoms with Crippen molar-refractivity contribution in [2.45, 2.75) is 45.2 Å². The second-order valence-corrected chi connectivity index (χ2v) is 7.08. The summed E-state index contributed by atoms with van der Waals surface area (Å²) in [4.78, 5) is 23.5. The fourth-order valence-electron chi connectivity index (χ4n) is 3.05. The molecule has 23 heavy (non-hydrogen) atoms. The number of carbonyl (C=O) groups is 1. The molecule has 0 atom stereocenters. The molecule has 1 saturated heterocycles. The maximum absolute atomic E-state index is 12.6. The first kappa shape index (κ1) is 16.2. The van der Waals surface area contributed by atoms with Crippen molar-refractivity contribution in [1.29, 1.82) is 0 Å². The molecule has 1 fully saturated rings. The highest BCUT2D eigenvalue weighted by molar-refractivity contribution is 7.98. The summed E-state index contributed by atoms with van der Waals surface area (Å²) in [7, 11) is 0. The maximum atomic E-state index is 12.6. The van der Waals surface area contributed by atoms with Gasteiger partial charge in [0.1, 0.15) is 0 Å². The lowest BCUT2D eigenvalue weighted by Gasteiger charge is -2.30. The lowest BCUT2D eigenvalue weighted by Crippen LogP contribution is -2.39.